The third kappa shape index (κ3) is 3.64. The summed E-state index contributed by atoms with van der Waals surface area (Å²) in [5.74, 6) is 1.08. The fourth-order valence-corrected chi connectivity index (χ4v) is 3.43. The first-order valence-electron chi connectivity index (χ1n) is 8.27. The maximum atomic E-state index is 4.48. The molecule has 120 valence electrons. The zero-order valence-electron chi connectivity index (χ0n) is 14.3. The minimum absolute atomic E-state index is 0.128. The first-order valence-corrected chi connectivity index (χ1v) is 8.27. The van der Waals surface area contributed by atoms with Gasteiger partial charge in [-0.1, -0.05) is 6.42 Å². The van der Waals surface area contributed by atoms with Crippen molar-refractivity contribution in [2.24, 2.45) is 0 Å². The molecule has 0 saturated carbocycles. The number of aromatic nitrogens is 3. The Balaban J connectivity index is 2.12. The van der Waals surface area contributed by atoms with Crippen molar-refractivity contribution >= 4 is 0 Å². The lowest BCUT2D eigenvalue weighted by Crippen LogP contribution is -2.59. The molecule has 1 saturated heterocycles. The van der Waals surface area contributed by atoms with Gasteiger partial charge in [-0.05, 0) is 60.7 Å². The molecule has 0 aliphatic carbocycles. The average molecular weight is 293 g/mol. The molecule has 0 aromatic carbocycles. The van der Waals surface area contributed by atoms with Crippen LogP contribution in [0.15, 0.2) is 6.33 Å². The number of likely N-dealkylation sites (tertiary alicyclic amines) is 1. The Bertz CT molecular complexity index is 432. The smallest absolute Gasteiger partial charge is 0.138 e. The first-order chi connectivity index (χ1) is 9.96. The van der Waals surface area contributed by atoms with Crippen molar-refractivity contribution in [3.63, 3.8) is 0 Å². The van der Waals surface area contributed by atoms with E-state index in [1.165, 1.54) is 32.4 Å². The summed E-state index contributed by atoms with van der Waals surface area (Å²) in [6.07, 6.45) is 6.61. The molecule has 5 nitrogen and oxygen atoms in total. The molecule has 1 aliphatic rings. The molecule has 0 bridgehead atoms. The molecule has 1 aromatic heterocycles. The van der Waals surface area contributed by atoms with Crippen molar-refractivity contribution in [1.82, 2.24) is 25.0 Å². The molecule has 2 rings (SSSR count). The molecule has 1 fully saturated rings. The molecule has 0 spiro atoms. The monoisotopic (exact) mass is 293 g/mol. The van der Waals surface area contributed by atoms with E-state index in [0.717, 1.165) is 12.2 Å². The maximum absolute atomic E-state index is 4.48. The van der Waals surface area contributed by atoms with Crippen LogP contribution in [0.2, 0.25) is 0 Å². The van der Waals surface area contributed by atoms with Crippen molar-refractivity contribution in [2.75, 3.05) is 20.1 Å². The van der Waals surface area contributed by atoms with Crippen molar-refractivity contribution in [3.05, 3.63) is 12.2 Å². The van der Waals surface area contributed by atoms with E-state index in [-0.39, 0.29) is 5.54 Å². The predicted octanol–water partition coefficient (Wildman–Crippen LogP) is 2.25. The largest absolute Gasteiger partial charge is 0.315 e. The molecule has 1 atom stereocenters. The second-order valence-electron chi connectivity index (χ2n) is 6.96. The highest BCUT2D eigenvalue weighted by atomic mass is 15.3. The summed E-state index contributed by atoms with van der Waals surface area (Å²) < 4.78 is 2.04. The molecule has 1 aliphatic heterocycles. The summed E-state index contributed by atoms with van der Waals surface area (Å²) in [7, 11) is 2.06. The fraction of sp³-hybridized carbons (Fsp3) is 0.875. The molecule has 0 radical (unpaired) electrons. The van der Waals surface area contributed by atoms with Gasteiger partial charge in [-0.25, -0.2) is 9.67 Å². The van der Waals surface area contributed by atoms with Crippen LogP contribution in [0.25, 0.3) is 0 Å². The van der Waals surface area contributed by atoms with Gasteiger partial charge < -0.3 is 5.32 Å². The molecular weight excluding hydrogens is 262 g/mol. The van der Waals surface area contributed by atoms with Gasteiger partial charge in [-0.2, -0.15) is 5.10 Å². The van der Waals surface area contributed by atoms with Crippen LogP contribution in [-0.2, 0) is 6.42 Å². The molecule has 21 heavy (non-hydrogen) atoms. The Kier molecular flexibility index (Phi) is 5.38. The first kappa shape index (κ1) is 16.4. The summed E-state index contributed by atoms with van der Waals surface area (Å²) >= 11 is 0. The lowest BCUT2D eigenvalue weighted by molar-refractivity contribution is 0.0625. The van der Waals surface area contributed by atoms with Crippen LogP contribution in [0.1, 0.15) is 58.8 Å². The fourth-order valence-electron chi connectivity index (χ4n) is 3.43. The molecule has 1 N–H and O–H groups in total. The van der Waals surface area contributed by atoms with E-state index in [1.807, 2.05) is 4.68 Å². The second-order valence-corrected chi connectivity index (χ2v) is 6.96. The third-order valence-electron chi connectivity index (χ3n) is 4.90. The topological polar surface area (TPSA) is 46.0 Å². The van der Waals surface area contributed by atoms with Crippen LogP contribution < -0.4 is 5.32 Å². The highest BCUT2D eigenvalue weighted by Gasteiger charge is 2.36. The Morgan fingerprint density at radius 2 is 1.90 bits per heavy atom. The van der Waals surface area contributed by atoms with E-state index < -0.39 is 0 Å². The van der Waals surface area contributed by atoms with Gasteiger partial charge >= 0.3 is 0 Å². The minimum atomic E-state index is 0.128. The molecule has 2 heterocycles. The van der Waals surface area contributed by atoms with Crippen LogP contribution in [0.3, 0.4) is 0 Å². The summed E-state index contributed by atoms with van der Waals surface area (Å²) in [6.45, 7) is 11.4. The zero-order chi connectivity index (χ0) is 15.5. The van der Waals surface area contributed by atoms with E-state index in [9.17, 15) is 0 Å². The molecule has 1 unspecified atom stereocenters. The van der Waals surface area contributed by atoms with Crippen molar-refractivity contribution in [3.8, 4) is 0 Å². The van der Waals surface area contributed by atoms with Crippen LogP contribution in [0.5, 0.6) is 0 Å². The summed E-state index contributed by atoms with van der Waals surface area (Å²) in [5, 5.41) is 7.88. The standard InChI is InChI=1S/C16H31N5/c1-13(2)21-15(18-12-19-21)11-14(17-5)16(3,4)20-9-7-6-8-10-20/h12-14,17H,6-11H2,1-5H3. The minimum Gasteiger partial charge on any atom is -0.315 e. The van der Waals surface area contributed by atoms with Gasteiger partial charge in [0, 0.05) is 24.0 Å². The second kappa shape index (κ2) is 6.88. The molecule has 1 aromatic rings. The lowest BCUT2D eigenvalue weighted by atomic mass is 9.88. The third-order valence-corrected chi connectivity index (χ3v) is 4.90. The van der Waals surface area contributed by atoms with E-state index in [2.05, 4.69) is 55.0 Å². The highest BCUT2D eigenvalue weighted by molar-refractivity contribution is 5.01. The van der Waals surface area contributed by atoms with Gasteiger partial charge in [0.15, 0.2) is 0 Å². The molecular formula is C16H31N5. The predicted molar refractivity (Wildman–Crippen MR) is 86.5 cm³/mol. The van der Waals surface area contributed by atoms with E-state index in [4.69, 9.17) is 0 Å². The van der Waals surface area contributed by atoms with Gasteiger partial charge in [-0.3, -0.25) is 4.90 Å². The number of hydrogen-bond acceptors (Lipinski definition) is 4. The van der Waals surface area contributed by atoms with Gasteiger partial charge in [-0.15, -0.1) is 0 Å². The molecule has 5 heteroatoms. The van der Waals surface area contributed by atoms with Crippen molar-refractivity contribution in [1.29, 1.82) is 0 Å². The number of rotatable bonds is 6. The quantitative estimate of drug-likeness (QED) is 0.874. The lowest BCUT2D eigenvalue weighted by Gasteiger charge is -2.46. The van der Waals surface area contributed by atoms with Crippen LogP contribution in [-0.4, -0.2) is 51.4 Å². The van der Waals surface area contributed by atoms with E-state index in [1.54, 1.807) is 6.33 Å². The number of piperidine rings is 1. The Morgan fingerprint density at radius 3 is 2.48 bits per heavy atom. The van der Waals surface area contributed by atoms with Crippen molar-refractivity contribution in [2.45, 2.75) is 71.0 Å². The van der Waals surface area contributed by atoms with Crippen LogP contribution >= 0.6 is 0 Å². The van der Waals surface area contributed by atoms with Gasteiger partial charge in [0.25, 0.3) is 0 Å². The molecule has 0 amide bonds. The van der Waals surface area contributed by atoms with E-state index in [0.29, 0.717) is 12.1 Å². The van der Waals surface area contributed by atoms with Crippen LogP contribution in [0, 0.1) is 0 Å². The highest BCUT2D eigenvalue weighted by Crippen LogP contribution is 2.25. The SMILES string of the molecule is CNC(Cc1ncnn1C(C)C)C(C)(C)N1CCCCC1. The zero-order valence-corrected chi connectivity index (χ0v) is 14.3. The number of hydrogen-bond donors (Lipinski definition) is 1. The normalized spacial score (nSPS) is 19.1. The van der Waals surface area contributed by atoms with Gasteiger partial charge in [0.2, 0.25) is 0 Å². The number of likely N-dealkylation sites (N-methyl/N-ethyl adjacent to an activating group) is 1. The van der Waals surface area contributed by atoms with Gasteiger partial charge in [0.1, 0.15) is 12.2 Å². The Hall–Kier alpha value is -0.940. The number of nitrogens with zero attached hydrogens (tertiary/aromatic N) is 4. The van der Waals surface area contributed by atoms with Crippen LogP contribution in [0.4, 0.5) is 0 Å². The Morgan fingerprint density at radius 1 is 1.24 bits per heavy atom. The van der Waals surface area contributed by atoms with Crippen molar-refractivity contribution < 1.29 is 0 Å². The summed E-state index contributed by atoms with van der Waals surface area (Å²) in [6, 6.07) is 0.732. The maximum Gasteiger partial charge on any atom is 0.138 e. The average Bonchev–Trinajstić information content (AvgIpc) is 2.94. The van der Waals surface area contributed by atoms with E-state index >= 15 is 0 Å². The summed E-state index contributed by atoms with van der Waals surface area (Å²) in [5.41, 5.74) is 0.128. The van der Waals surface area contributed by atoms with Gasteiger partial charge in [0.05, 0.1) is 0 Å². The number of nitrogens with one attached hydrogen (secondary N) is 1. The Labute approximate surface area is 129 Å². The summed E-state index contributed by atoms with van der Waals surface area (Å²) in [4.78, 5) is 7.11.